The van der Waals surface area contributed by atoms with Crippen molar-refractivity contribution in [3.8, 4) is 0 Å². The monoisotopic (exact) mass is 386 g/mol. The van der Waals surface area contributed by atoms with E-state index in [1.165, 1.54) is 17.3 Å². The number of hydrogen-bond acceptors (Lipinski definition) is 5. The molecule has 0 saturated carbocycles. The molecule has 146 valence electrons. The van der Waals surface area contributed by atoms with E-state index in [1.54, 1.807) is 0 Å². The van der Waals surface area contributed by atoms with Crippen LogP contribution in [0, 0.1) is 6.92 Å². The maximum Gasteiger partial charge on any atom is 0.260 e. The molecule has 0 atom stereocenters. The molecule has 0 aliphatic carbocycles. The maximum absolute atomic E-state index is 12.9. The zero-order valence-corrected chi connectivity index (χ0v) is 18.0. The number of carbonyl (C=O) groups is 1. The molecule has 0 aliphatic heterocycles. The van der Waals surface area contributed by atoms with Gasteiger partial charge in [0.25, 0.3) is 5.91 Å². The number of rotatable bonds is 8. The predicted molar refractivity (Wildman–Crippen MR) is 114 cm³/mol. The lowest BCUT2D eigenvalue weighted by Gasteiger charge is -2.18. The Labute approximate surface area is 167 Å². The number of benzene rings is 1. The van der Waals surface area contributed by atoms with Gasteiger partial charge in [-0.05, 0) is 44.0 Å². The molecule has 5 nitrogen and oxygen atoms in total. The number of nitrogens with one attached hydrogen (secondary N) is 1. The Morgan fingerprint density at radius 3 is 2.52 bits per heavy atom. The van der Waals surface area contributed by atoms with Crippen molar-refractivity contribution in [2.24, 2.45) is 0 Å². The average molecular weight is 387 g/mol. The SMILES string of the molecule is CCN(CC)Cc1cccc(NC(=O)c2c(C)nc(C(C)C)nc2SC)c1. The van der Waals surface area contributed by atoms with Gasteiger partial charge in [0, 0.05) is 18.2 Å². The molecule has 0 aliphatic rings. The molecular formula is C21H30N4OS. The largest absolute Gasteiger partial charge is 0.322 e. The molecule has 0 spiro atoms. The molecule has 1 aromatic heterocycles. The van der Waals surface area contributed by atoms with E-state index in [0.29, 0.717) is 5.56 Å². The van der Waals surface area contributed by atoms with E-state index in [-0.39, 0.29) is 11.8 Å². The molecule has 0 radical (unpaired) electrons. The van der Waals surface area contributed by atoms with Gasteiger partial charge in [-0.25, -0.2) is 9.97 Å². The number of aryl methyl sites for hydroxylation is 1. The van der Waals surface area contributed by atoms with Crippen molar-refractivity contribution in [1.29, 1.82) is 0 Å². The van der Waals surface area contributed by atoms with E-state index in [2.05, 4.69) is 53.9 Å². The van der Waals surface area contributed by atoms with Crippen LogP contribution in [0.3, 0.4) is 0 Å². The standard InChI is InChI=1S/C21H30N4OS/c1-7-25(8-2)13-16-10-9-11-17(12-16)23-20(26)18-15(5)22-19(14(3)4)24-21(18)27-6/h9-12,14H,7-8,13H2,1-6H3,(H,23,26). The average Bonchev–Trinajstić information content (AvgIpc) is 2.65. The van der Waals surface area contributed by atoms with Gasteiger partial charge in [0.15, 0.2) is 0 Å². The minimum atomic E-state index is -0.160. The van der Waals surface area contributed by atoms with Gasteiger partial charge in [-0.2, -0.15) is 0 Å². The van der Waals surface area contributed by atoms with Gasteiger partial charge < -0.3 is 5.32 Å². The van der Waals surface area contributed by atoms with Crippen LogP contribution in [0.2, 0.25) is 0 Å². The predicted octanol–water partition coefficient (Wildman–Crippen LogP) is 4.72. The van der Waals surface area contributed by atoms with Crippen LogP contribution in [0.4, 0.5) is 5.69 Å². The summed E-state index contributed by atoms with van der Waals surface area (Å²) in [5.74, 6) is 0.838. The summed E-state index contributed by atoms with van der Waals surface area (Å²) in [7, 11) is 0. The summed E-state index contributed by atoms with van der Waals surface area (Å²) in [5, 5.41) is 3.75. The quantitative estimate of drug-likeness (QED) is 0.525. The minimum absolute atomic E-state index is 0.160. The number of anilines is 1. The van der Waals surface area contributed by atoms with Crippen molar-refractivity contribution < 1.29 is 4.79 Å². The molecule has 0 saturated heterocycles. The Kier molecular flexibility index (Phi) is 7.80. The van der Waals surface area contributed by atoms with Crippen molar-refractivity contribution in [2.45, 2.75) is 52.1 Å². The first-order chi connectivity index (χ1) is 12.9. The van der Waals surface area contributed by atoms with Crippen molar-refractivity contribution in [3.63, 3.8) is 0 Å². The molecule has 1 N–H and O–H groups in total. The van der Waals surface area contributed by atoms with Crippen LogP contribution < -0.4 is 5.32 Å². The molecule has 1 aromatic carbocycles. The van der Waals surface area contributed by atoms with Crippen LogP contribution in [-0.4, -0.2) is 40.1 Å². The van der Waals surface area contributed by atoms with E-state index >= 15 is 0 Å². The summed E-state index contributed by atoms with van der Waals surface area (Å²) >= 11 is 1.48. The van der Waals surface area contributed by atoms with Crippen molar-refractivity contribution in [1.82, 2.24) is 14.9 Å². The highest BCUT2D eigenvalue weighted by atomic mass is 32.2. The van der Waals surface area contributed by atoms with E-state index < -0.39 is 0 Å². The first-order valence-electron chi connectivity index (χ1n) is 9.44. The van der Waals surface area contributed by atoms with Gasteiger partial charge in [-0.15, -0.1) is 11.8 Å². The highest BCUT2D eigenvalue weighted by Gasteiger charge is 2.19. The number of amides is 1. The lowest BCUT2D eigenvalue weighted by Crippen LogP contribution is -2.22. The van der Waals surface area contributed by atoms with Crippen LogP contribution in [0.5, 0.6) is 0 Å². The Morgan fingerprint density at radius 1 is 1.22 bits per heavy atom. The normalized spacial score (nSPS) is 11.3. The summed E-state index contributed by atoms with van der Waals surface area (Å²) in [4.78, 5) is 24.4. The summed E-state index contributed by atoms with van der Waals surface area (Å²) in [6.45, 7) is 13.2. The smallest absolute Gasteiger partial charge is 0.260 e. The molecular weight excluding hydrogens is 356 g/mol. The Bertz CT molecular complexity index is 788. The van der Waals surface area contributed by atoms with Crippen molar-refractivity contribution in [2.75, 3.05) is 24.7 Å². The second-order valence-corrected chi connectivity index (χ2v) is 7.62. The van der Waals surface area contributed by atoms with Crippen LogP contribution in [-0.2, 0) is 6.54 Å². The van der Waals surface area contributed by atoms with E-state index in [0.717, 1.165) is 41.9 Å². The lowest BCUT2D eigenvalue weighted by molar-refractivity contribution is 0.102. The Hall–Kier alpha value is -1.92. The summed E-state index contributed by atoms with van der Waals surface area (Å²) in [6.07, 6.45) is 1.94. The van der Waals surface area contributed by atoms with Gasteiger partial charge in [0.05, 0.1) is 11.3 Å². The van der Waals surface area contributed by atoms with E-state index in [1.807, 2.05) is 31.4 Å². The third kappa shape index (κ3) is 5.53. The fourth-order valence-electron chi connectivity index (χ4n) is 2.88. The Morgan fingerprint density at radius 2 is 1.93 bits per heavy atom. The zero-order valence-electron chi connectivity index (χ0n) is 17.2. The first-order valence-corrected chi connectivity index (χ1v) is 10.7. The fraction of sp³-hybridized carbons (Fsp3) is 0.476. The number of thioether (sulfide) groups is 1. The second kappa shape index (κ2) is 9.85. The van der Waals surface area contributed by atoms with Gasteiger partial charge in [0.1, 0.15) is 10.9 Å². The second-order valence-electron chi connectivity index (χ2n) is 6.82. The van der Waals surface area contributed by atoms with Gasteiger partial charge >= 0.3 is 0 Å². The van der Waals surface area contributed by atoms with Gasteiger partial charge in [-0.1, -0.05) is 39.8 Å². The van der Waals surface area contributed by atoms with Crippen molar-refractivity contribution >= 4 is 23.4 Å². The van der Waals surface area contributed by atoms with Crippen LogP contribution in [0.25, 0.3) is 0 Å². The van der Waals surface area contributed by atoms with Gasteiger partial charge in [-0.3, -0.25) is 9.69 Å². The molecule has 6 heteroatoms. The highest BCUT2D eigenvalue weighted by molar-refractivity contribution is 7.98. The topological polar surface area (TPSA) is 58.1 Å². The van der Waals surface area contributed by atoms with Gasteiger partial charge in [0.2, 0.25) is 0 Å². The van der Waals surface area contributed by atoms with Crippen molar-refractivity contribution in [3.05, 3.63) is 46.9 Å². The summed E-state index contributed by atoms with van der Waals surface area (Å²) in [5.41, 5.74) is 3.25. The maximum atomic E-state index is 12.9. The summed E-state index contributed by atoms with van der Waals surface area (Å²) < 4.78 is 0. The molecule has 2 rings (SSSR count). The van der Waals surface area contributed by atoms with E-state index in [9.17, 15) is 4.79 Å². The fourth-order valence-corrected chi connectivity index (χ4v) is 3.51. The third-order valence-corrected chi connectivity index (χ3v) is 5.18. The zero-order chi connectivity index (χ0) is 20.0. The Balaban J connectivity index is 2.25. The molecule has 0 fully saturated rings. The molecule has 27 heavy (non-hydrogen) atoms. The minimum Gasteiger partial charge on any atom is -0.322 e. The third-order valence-electron chi connectivity index (χ3n) is 4.50. The molecule has 0 unspecified atom stereocenters. The van der Waals surface area contributed by atoms with Crippen LogP contribution in [0.15, 0.2) is 29.3 Å². The van der Waals surface area contributed by atoms with Crippen LogP contribution >= 0.6 is 11.8 Å². The highest BCUT2D eigenvalue weighted by Crippen LogP contribution is 2.24. The number of hydrogen-bond donors (Lipinski definition) is 1. The number of carbonyl (C=O) groups excluding carboxylic acids is 1. The number of aromatic nitrogens is 2. The molecule has 2 aromatic rings. The van der Waals surface area contributed by atoms with E-state index in [4.69, 9.17) is 0 Å². The number of nitrogens with zero attached hydrogens (tertiary/aromatic N) is 3. The molecule has 1 amide bonds. The summed E-state index contributed by atoms with van der Waals surface area (Å²) in [6, 6.07) is 8.02. The molecule has 0 bridgehead atoms. The first kappa shape index (κ1) is 21.4. The van der Waals surface area contributed by atoms with Crippen LogP contribution in [0.1, 0.15) is 61.1 Å². The lowest BCUT2D eigenvalue weighted by atomic mass is 10.1. The molecule has 1 heterocycles.